The molecule has 0 saturated carbocycles. The molecule has 7 heteroatoms. The molecule has 144 valence electrons. The number of anilines is 1. The van der Waals surface area contributed by atoms with Crippen molar-refractivity contribution in [2.75, 3.05) is 5.73 Å². The molecule has 3 rings (SSSR count). The van der Waals surface area contributed by atoms with Gasteiger partial charge >= 0.3 is 5.97 Å². The molecule has 0 bridgehead atoms. The number of aryl methyl sites for hydroxylation is 2. The van der Waals surface area contributed by atoms with Crippen LogP contribution in [0.25, 0.3) is 0 Å². The summed E-state index contributed by atoms with van der Waals surface area (Å²) in [6.07, 6.45) is 4.91. The smallest absolute Gasteiger partial charge is 0.312 e. The molecule has 28 heavy (non-hydrogen) atoms. The average molecular weight is 378 g/mol. The Kier molecular flexibility index (Phi) is 5.54. The SMILES string of the molecule is Cc1ccc(C(=O)Cn2cnc(C(Cc3ccc(N)nc3)C(=O)O)c2)c(C)c1. The molecule has 1 aromatic carbocycles. The Morgan fingerprint density at radius 3 is 2.61 bits per heavy atom. The molecule has 0 saturated heterocycles. The zero-order valence-electron chi connectivity index (χ0n) is 15.8. The molecule has 0 radical (unpaired) electrons. The first kappa shape index (κ1) is 19.3. The lowest BCUT2D eigenvalue weighted by molar-refractivity contribution is -0.138. The van der Waals surface area contributed by atoms with E-state index in [9.17, 15) is 14.7 Å². The van der Waals surface area contributed by atoms with E-state index < -0.39 is 11.9 Å². The maximum absolute atomic E-state index is 12.6. The topological polar surface area (TPSA) is 111 Å². The highest BCUT2D eigenvalue weighted by Crippen LogP contribution is 2.20. The van der Waals surface area contributed by atoms with Crippen molar-refractivity contribution in [1.29, 1.82) is 0 Å². The molecule has 0 spiro atoms. The average Bonchev–Trinajstić information content (AvgIpc) is 3.08. The summed E-state index contributed by atoms with van der Waals surface area (Å²) in [5, 5.41) is 9.61. The summed E-state index contributed by atoms with van der Waals surface area (Å²) in [4.78, 5) is 32.5. The van der Waals surface area contributed by atoms with E-state index >= 15 is 0 Å². The highest BCUT2D eigenvalue weighted by Gasteiger charge is 2.23. The summed E-state index contributed by atoms with van der Waals surface area (Å²) in [6.45, 7) is 3.99. The Morgan fingerprint density at radius 2 is 1.96 bits per heavy atom. The fraction of sp³-hybridized carbons (Fsp3) is 0.238. The van der Waals surface area contributed by atoms with Crippen LogP contribution in [0.4, 0.5) is 5.82 Å². The highest BCUT2D eigenvalue weighted by atomic mass is 16.4. The lowest BCUT2D eigenvalue weighted by Crippen LogP contribution is -2.15. The predicted molar refractivity (Wildman–Crippen MR) is 105 cm³/mol. The standard InChI is InChI=1S/C21H22N4O3/c1-13-3-5-16(14(2)7-13)19(26)11-25-10-18(24-12-25)17(21(27)28)8-15-4-6-20(22)23-9-15/h3-7,9-10,12,17H,8,11H2,1-2H3,(H2,22,23)(H,27,28). The number of rotatable bonds is 7. The molecular weight excluding hydrogens is 356 g/mol. The lowest BCUT2D eigenvalue weighted by Gasteiger charge is -2.10. The van der Waals surface area contributed by atoms with Crippen molar-refractivity contribution < 1.29 is 14.7 Å². The van der Waals surface area contributed by atoms with E-state index in [-0.39, 0.29) is 18.7 Å². The van der Waals surface area contributed by atoms with Crippen molar-refractivity contribution >= 4 is 17.6 Å². The first-order valence-electron chi connectivity index (χ1n) is 8.89. The summed E-state index contributed by atoms with van der Waals surface area (Å²) in [5.41, 5.74) is 9.40. The number of benzene rings is 1. The number of nitrogens with two attached hydrogens (primary N) is 1. The Morgan fingerprint density at radius 1 is 1.18 bits per heavy atom. The summed E-state index contributed by atoms with van der Waals surface area (Å²) >= 11 is 0. The zero-order chi connectivity index (χ0) is 20.3. The summed E-state index contributed by atoms with van der Waals surface area (Å²) < 4.78 is 1.62. The van der Waals surface area contributed by atoms with Gasteiger partial charge in [0.2, 0.25) is 0 Å². The Bertz CT molecular complexity index is 1010. The monoisotopic (exact) mass is 378 g/mol. The van der Waals surface area contributed by atoms with Crippen LogP contribution in [0, 0.1) is 13.8 Å². The van der Waals surface area contributed by atoms with Gasteiger partial charge in [-0.3, -0.25) is 9.59 Å². The molecule has 3 aromatic rings. The van der Waals surface area contributed by atoms with Gasteiger partial charge in [-0.25, -0.2) is 9.97 Å². The van der Waals surface area contributed by atoms with E-state index in [1.807, 2.05) is 32.0 Å². The van der Waals surface area contributed by atoms with Crippen LogP contribution >= 0.6 is 0 Å². The molecule has 1 unspecified atom stereocenters. The van der Waals surface area contributed by atoms with Crippen molar-refractivity contribution in [2.45, 2.75) is 32.7 Å². The number of carbonyl (C=O) groups excluding carboxylic acids is 1. The fourth-order valence-corrected chi connectivity index (χ4v) is 3.13. The summed E-state index contributed by atoms with van der Waals surface area (Å²) in [6, 6.07) is 9.07. The number of hydrogen-bond donors (Lipinski definition) is 2. The molecule has 2 aromatic heterocycles. The Labute approximate surface area is 162 Å². The maximum atomic E-state index is 12.6. The van der Waals surface area contributed by atoms with Gasteiger partial charge in [0.15, 0.2) is 5.78 Å². The first-order valence-corrected chi connectivity index (χ1v) is 8.89. The number of carboxylic acid groups (broad SMARTS) is 1. The van der Waals surface area contributed by atoms with Crippen LogP contribution in [0.5, 0.6) is 0 Å². The van der Waals surface area contributed by atoms with E-state index in [1.54, 1.807) is 29.1 Å². The minimum Gasteiger partial charge on any atom is -0.481 e. The number of aliphatic carboxylic acids is 1. The molecule has 0 aliphatic rings. The van der Waals surface area contributed by atoms with Gasteiger partial charge in [0.1, 0.15) is 11.7 Å². The van der Waals surface area contributed by atoms with Gasteiger partial charge in [-0.05, 0) is 37.5 Å². The van der Waals surface area contributed by atoms with Crippen molar-refractivity contribution in [3.8, 4) is 0 Å². The fourth-order valence-electron chi connectivity index (χ4n) is 3.13. The predicted octanol–water partition coefficient (Wildman–Crippen LogP) is 2.77. The first-order chi connectivity index (χ1) is 13.3. The summed E-state index contributed by atoms with van der Waals surface area (Å²) in [5.74, 6) is -1.48. The molecule has 0 amide bonds. The summed E-state index contributed by atoms with van der Waals surface area (Å²) in [7, 11) is 0. The number of imidazole rings is 1. The third kappa shape index (κ3) is 4.43. The number of aromatic nitrogens is 3. The number of ketones is 1. The second-order valence-electron chi connectivity index (χ2n) is 6.90. The van der Waals surface area contributed by atoms with Crippen LogP contribution in [-0.4, -0.2) is 31.4 Å². The molecule has 0 aliphatic heterocycles. The van der Waals surface area contributed by atoms with Crippen LogP contribution in [0.1, 0.15) is 38.7 Å². The van der Waals surface area contributed by atoms with Gasteiger partial charge in [0, 0.05) is 18.0 Å². The van der Waals surface area contributed by atoms with Gasteiger partial charge in [-0.15, -0.1) is 0 Å². The minimum absolute atomic E-state index is 0.0453. The van der Waals surface area contributed by atoms with Gasteiger partial charge in [0.05, 0.1) is 18.6 Å². The third-order valence-electron chi connectivity index (χ3n) is 4.60. The minimum atomic E-state index is -0.984. The lowest BCUT2D eigenvalue weighted by atomic mass is 9.98. The molecule has 2 heterocycles. The number of Topliss-reactive ketones (excluding diaryl/α,β-unsaturated/α-hetero) is 1. The molecule has 0 fully saturated rings. The van der Waals surface area contributed by atoms with Gasteiger partial charge in [-0.1, -0.05) is 29.8 Å². The van der Waals surface area contributed by atoms with E-state index in [0.717, 1.165) is 16.7 Å². The van der Waals surface area contributed by atoms with Crippen LogP contribution in [0.3, 0.4) is 0 Å². The zero-order valence-corrected chi connectivity index (χ0v) is 15.8. The van der Waals surface area contributed by atoms with Crippen molar-refractivity contribution in [1.82, 2.24) is 14.5 Å². The van der Waals surface area contributed by atoms with E-state index in [1.165, 1.54) is 6.33 Å². The Balaban J connectivity index is 1.76. The van der Waals surface area contributed by atoms with Crippen LogP contribution in [0.2, 0.25) is 0 Å². The molecule has 3 N–H and O–H groups in total. The highest BCUT2D eigenvalue weighted by molar-refractivity contribution is 5.97. The van der Waals surface area contributed by atoms with E-state index in [4.69, 9.17) is 5.73 Å². The number of carboxylic acids is 1. The second-order valence-corrected chi connectivity index (χ2v) is 6.90. The van der Waals surface area contributed by atoms with Crippen molar-refractivity contribution in [3.05, 3.63) is 77.0 Å². The van der Waals surface area contributed by atoms with Crippen molar-refractivity contribution in [2.24, 2.45) is 0 Å². The normalized spacial score (nSPS) is 11.9. The molecule has 7 nitrogen and oxygen atoms in total. The van der Waals surface area contributed by atoms with Crippen LogP contribution < -0.4 is 5.73 Å². The van der Waals surface area contributed by atoms with Gasteiger partial charge in [0.25, 0.3) is 0 Å². The van der Waals surface area contributed by atoms with Gasteiger partial charge < -0.3 is 15.4 Å². The quantitative estimate of drug-likeness (QED) is 0.612. The molecule has 0 aliphatic carbocycles. The third-order valence-corrected chi connectivity index (χ3v) is 4.60. The number of nitrogens with zero attached hydrogens (tertiary/aromatic N) is 3. The number of hydrogen-bond acceptors (Lipinski definition) is 5. The maximum Gasteiger partial charge on any atom is 0.312 e. The van der Waals surface area contributed by atoms with Crippen molar-refractivity contribution in [3.63, 3.8) is 0 Å². The van der Waals surface area contributed by atoms with Gasteiger partial charge in [-0.2, -0.15) is 0 Å². The molecule has 1 atom stereocenters. The number of nitrogen functional groups attached to an aromatic ring is 1. The number of pyridine rings is 1. The molecular formula is C21H22N4O3. The van der Waals surface area contributed by atoms with Crippen LogP contribution in [-0.2, 0) is 17.8 Å². The van der Waals surface area contributed by atoms with E-state index in [2.05, 4.69) is 9.97 Å². The van der Waals surface area contributed by atoms with E-state index in [0.29, 0.717) is 17.1 Å². The largest absolute Gasteiger partial charge is 0.481 e. The second kappa shape index (κ2) is 8.04. The number of carbonyl (C=O) groups is 2. The Hall–Kier alpha value is -3.48. The van der Waals surface area contributed by atoms with Crippen LogP contribution in [0.15, 0.2) is 49.1 Å².